The lowest BCUT2D eigenvalue weighted by molar-refractivity contribution is -0.121. The molecule has 1 fully saturated rings. The van der Waals surface area contributed by atoms with Gasteiger partial charge >= 0.3 is 0 Å². The average molecular weight is 241 g/mol. The third kappa shape index (κ3) is 4.28. The smallest absolute Gasteiger partial charge is 0.233 e. The predicted molar refractivity (Wildman–Crippen MR) is 70.2 cm³/mol. The number of hydrogen-bond donors (Lipinski definition) is 2. The lowest BCUT2D eigenvalue weighted by atomic mass is 9.90. The lowest BCUT2D eigenvalue weighted by Crippen LogP contribution is -2.47. The summed E-state index contributed by atoms with van der Waals surface area (Å²) >= 11 is 0. The van der Waals surface area contributed by atoms with E-state index in [1.165, 1.54) is 25.8 Å². The number of nitrogens with one attached hydrogen (secondary N) is 1. The maximum atomic E-state index is 11.1. The second-order valence-electron chi connectivity index (χ2n) is 5.35. The number of carbonyl (C=O) groups excluding carboxylic acids is 1. The van der Waals surface area contributed by atoms with Crippen molar-refractivity contribution in [3.63, 3.8) is 0 Å². The van der Waals surface area contributed by atoms with Crippen LogP contribution < -0.4 is 11.3 Å². The molecule has 4 heteroatoms. The highest BCUT2D eigenvalue weighted by Gasteiger charge is 2.27. The number of amides is 1. The minimum atomic E-state index is -0.0615. The van der Waals surface area contributed by atoms with Gasteiger partial charge in [0.25, 0.3) is 0 Å². The monoisotopic (exact) mass is 241 g/mol. The van der Waals surface area contributed by atoms with Crippen LogP contribution in [-0.2, 0) is 4.79 Å². The number of likely N-dealkylation sites (tertiary alicyclic amines) is 1. The molecule has 0 radical (unpaired) electrons. The first kappa shape index (κ1) is 14.5. The van der Waals surface area contributed by atoms with Crippen LogP contribution in [0.3, 0.4) is 0 Å². The van der Waals surface area contributed by atoms with E-state index in [1.807, 2.05) is 0 Å². The Kier molecular flexibility index (Phi) is 5.92. The van der Waals surface area contributed by atoms with Gasteiger partial charge in [-0.25, -0.2) is 5.84 Å². The van der Waals surface area contributed by atoms with Crippen molar-refractivity contribution in [2.75, 3.05) is 6.54 Å². The molecule has 1 aliphatic rings. The normalized spacial score (nSPS) is 27.8. The molecule has 100 valence electrons. The van der Waals surface area contributed by atoms with E-state index in [2.05, 4.69) is 31.1 Å². The molecule has 0 aromatic carbocycles. The summed E-state index contributed by atoms with van der Waals surface area (Å²) in [6, 6.07) is 1.12. The third-order valence-electron chi connectivity index (χ3n) is 4.12. The summed E-state index contributed by atoms with van der Waals surface area (Å²) < 4.78 is 0. The molecule has 0 aromatic heterocycles. The number of nitrogens with zero attached hydrogens (tertiary/aromatic N) is 1. The van der Waals surface area contributed by atoms with E-state index in [4.69, 9.17) is 5.84 Å². The Labute approximate surface area is 105 Å². The number of hydrazine groups is 1. The van der Waals surface area contributed by atoms with Crippen molar-refractivity contribution in [1.29, 1.82) is 0 Å². The van der Waals surface area contributed by atoms with Gasteiger partial charge in [0.2, 0.25) is 5.91 Å². The summed E-state index contributed by atoms with van der Waals surface area (Å²) in [7, 11) is 0. The zero-order valence-electron chi connectivity index (χ0n) is 11.4. The number of piperidine rings is 1. The molecule has 1 amide bonds. The molecule has 0 aromatic rings. The van der Waals surface area contributed by atoms with E-state index in [0.29, 0.717) is 18.5 Å². The molecule has 0 aliphatic carbocycles. The first-order valence-electron chi connectivity index (χ1n) is 6.83. The summed E-state index contributed by atoms with van der Waals surface area (Å²) in [5, 5.41) is 0. The summed E-state index contributed by atoms with van der Waals surface area (Å²) in [5.41, 5.74) is 2.20. The van der Waals surface area contributed by atoms with E-state index in [9.17, 15) is 4.79 Å². The SMILES string of the molecule is CCC1CCC(C)N(C(C)CCC(=O)NN)C1. The van der Waals surface area contributed by atoms with Gasteiger partial charge in [-0.1, -0.05) is 13.3 Å². The summed E-state index contributed by atoms with van der Waals surface area (Å²) in [6.45, 7) is 7.97. The Hall–Kier alpha value is -0.610. The molecule has 3 unspecified atom stereocenters. The Morgan fingerprint density at radius 3 is 2.82 bits per heavy atom. The van der Waals surface area contributed by atoms with Crippen molar-refractivity contribution in [3.05, 3.63) is 0 Å². The minimum absolute atomic E-state index is 0.0615. The lowest BCUT2D eigenvalue weighted by Gasteiger charge is -2.41. The Bertz CT molecular complexity index is 245. The molecule has 1 rings (SSSR count). The minimum Gasteiger partial charge on any atom is -0.298 e. The van der Waals surface area contributed by atoms with Crippen LogP contribution >= 0.6 is 0 Å². The van der Waals surface area contributed by atoms with Gasteiger partial charge in [-0.05, 0) is 39.0 Å². The van der Waals surface area contributed by atoms with Crippen LogP contribution in [0.15, 0.2) is 0 Å². The van der Waals surface area contributed by atoms with Crippen molar-refractivity contribution >= 4 is 5.91 Å². The first-order chi connectivity index (χ1) is 8.08. The molecule has 1 heterocycles. The molecule has 0 bridgehead atoms. The highest BCUT2D eigenvalue weighted by molar-refractivity contribution is 5.75. The van der Waals surface area contributed by atoms with Gasteiger partial charge in [-0.3, -0.25) is 15.1 Å². The van der Waals surface area contributed by atoms with Crippen LogP contribution in [0.1, 0.15) is 52.9 Å². The summed E-state index contributed by atoms with van der Waals surface area (Å²) in [5.74, 6) is 5.86. The average Bonchev–Trinajstić information content (AvgIpc) is 2.36. The van der Waals surface area contributed by atoms with Gasteiger partial charge < -0.3 is 0 Å². The molecule has 0 spiro atoms. The maximum absolute atomic E-state index is 11.1. The van der Waals surface area contributed by atoms with Crippen molar-refractivity contribution < 1.29 is 4.79 Å². The maximum Gasteiger partial charge on any atom is 0.233 e. The fraction of sp³-hybridized carbons (Fsp3) is 0.923. The number of nitrogens with two attached hydrogens (primary N) is 1. The molecule has 3 atom stereocenters. The van der Waals surface area contributed by atoms with E-state index in [0.717, 1.165) is 12.3 Å². The molecular formula is C13H27N3O. The Balaban J connectivity index is 2.42. The number of carbonyl (C=O) groups is 1. The topological polar surface area (TPSA) is 58.4 Å². The van der Waals surface area contributed by atoms with E-state index in [1.54, 1.807) is 0 Å². The fourth-order valence-electron chi connectivity index (χ4n) is 2.74. The Morgan fingerprint density at radius 2 is 2.24 bits per heavy atom. The number of rotatable bonds is 5. The molecule has 1 saturated heterocycles. The van der Waals surface area contributed by atoms with Gasteiger partial charge in [0.15, 0.2) is 0 Å². The summed E-state index contributed by atoms with van der Waals surface area (Å²) in [4.78, 5) is 13.7. The van der Waals surface area contributed by atoms with Crippen LogP contribution in [0.2, 0.25) is 0 Å². The highest BCUT2D eigenvalue weighted by atomic mass is 16.2. The molecular weight excluding hydrogens is 214 g/mol. The molecule has 3 N–H and O–H groups in total. The van der Waals surface area contributed by atoms with Gasteiger partial charge in [-0.15, -0.1) is 0 Å². The van der Waals surface area contributed by atoms with E-state index >= 15 is 0 Å². The second kappa shape index (κ2) is 6.97. The second-order valence-corrected chi connectivity index (χ2v) is 5.35. The molecule has 0 saturated carbocycles. The predicted octanol–water partition coefficient (Wildman–Crippen LogP) is 1.66. The third-order valence-corrected chi connectivity index (χ3v) is 4.12. The zero-order valence-corrected chi connectivity index (χ0v) is 11.4. The van der Waals surface area contributed by atoms with Gasteiger partial charge in [0.05, 0.1) is 0 Å². The van der Waals surface area contributed by atoms with E-state index in [-0.39, 0.29) is 5.91 Å². The highest BCUT2D eigenvalue weighted by Crippen LogP contribution is 2.26. The van der Waals surface area contributed by atoms with Crippen LogP contribution in [0.5, 0.6) is 0 Å². The van der Waals surface area contributed by atoms with Gasteiger partial charge in [-0.2, -0.15) is 0 Å². The largest absolute Gasteiger partial charge is 0.298 e. The fourth-order valence-corrected chi connectivity index (χ4v) is 2.74. The van der Waals surface area contributed by atoms with E-state index < -0.39 is 0 Å². The quantitative estimate of drug-likeness (QED) is 0.437. The van der Waals surface area contributed by atoms with Crippen molar-refractivity contribution in [2.45, 2.75) is 65.0 Å². The summed E-state index contributed by atoms with van der Waals surface area (Å²) in [6.07, 6.45) is 5.32. The van der Waals surface area contributed by atoms with Crippen LogP contribution in [-0.4, -0.2) is 29.4 Å². The van der Waals surface area contributed by atoms with Crippen molar-refractivity contribution in [1.82, 2.24) is 10.3 Å². The van der Waals surface area contributed by atoms with Gasteiger partial charge in [0, 0.05) is 25.0 Å². The van der Waals surface area contributed by atoms with Crippen LogP contribution in [0, 0.1) is 5.92 Å². The molecule has 1 aliphatic heterocycles. The molecule has 4 nitrogen and oxygen atoms in total. The van der Waals surface area contributed by atoms with Crippen LogP contribution in [0.4, 0.5) is 0 Å². The van der Waals surface area contributed by atoms with Crippen molar-refractivity contribution in [3.8, 4) is 0 Å². The standard InChI is InChI=1S/C13H27N3O/c1-4-12-7-5-10(2)16(9-12)11(3)6-8-13(17)15-14/h10-12H,4-9,14H2,1-3H3,(H,15,17). The van der Waals surface area contributed by atoms with Crippen molar-refractivity contribution in [2.24, 2.45) is 11.8 Å². The number of hydrogen-bond acceptors (Lipinski definition) is 3. The van der Waals surface area contributed by atoms with Crippen LogP contribution in [0.25, 0.3) is 0 Å². The molecule has 17 heavy (non-hydrogen) atoms. The van der Waals surface area contributed by atoms with Gasteiger partial charge in [0.1, 0.15) is 0 Å². The zero-order chi connectivity index (χ0) is 12.8. The first-order valence-corrected chi connectivity index (χ1v) is 6.83. The Morgan fingerprint density at radius 1 is 1.53 bits per heavy atom.